The average molecular weight is 432 g/mol. The van der Waals surface area contributed by atoms with Crippen molar-refractivity contribution >= 4 is 29.0 Å². The van der Waals surface area contributed by atoms with Gasteiger partial charge in [0.1, 0.15) is 5.54 Å². The summed E-state index contributed by atoms with van der Waals surface area (Å²) in [5.74, 6) is 1.70. The fraction of sp³-hybridized carbons (Fsp3) is 0.619. The topological polar surface area (TPSA) is 83.6 Å². The van der Waals surface area contributed by atoms with Crippen LogP contribution in [0.4, 0.5) is 0 Å². The summed E-state index contributed by atoms with van der Waals surface area (Å²) in [4.78, 5) is 15.0. The highest BCUT2D eigenvalue weighted by Crippen LogP contribution is 2.38. The molecular formula is C21H29N5OS2. The fourth-order valence-corrected chi connectivity index (χ4v) is 5.41. The van der Waals surface area contributed by atoms with Crippen LogP contribution in [0.25, 0.3) is 10.7 Å². The molecule has 1 amide bonds. The van der Waals surface area contributed by atoms with Crippen molar-refractivity contribution in [3.05, 3.63) is 16.5 Å². The minimum absolute atomic E-state index is 0.0278. The van der Waals surface area contributed by atoms with Gasteiger partial charge >= 0.3 is 0 Å². The summed E-state index contributed by atoms with van der Waals surface area (Å²) in [5, 5.41) is 21.6. The van der Waals surface area contributed by atoms with Crippen LogP contribution in [0.15, 0.2) is 11.2 Å². The lowest BCUT2D eigenvalue weighted by atomic mass is 9.87. The van der Waals surface area contributed by atoms with Crippen molar-refractivity contribution in [2.75, 3.05) is 5.75 Å². The molecule has 0 aromatic carbocycles. The molecule has 156 valence electrons. The summed E-state index contributed by atoms with van der Waals surface area (Å²) < 4.78 is 1.96. The molecule has 2 heterocycles. The highest BCUT2D eigenvalue weighted by Gasteiger charge is 2.30. The summed E-state index contributed by atoms with van der Waals surface area (Å²) in [6, 6.07) is 4.47. The third-order valence-electron chi connectivity index (χ3n) is 5.94. The van der Waals surface area contributed by atoms with Gasteiger partial charge in [0, 0.05) is 11.9 Å². The number of carbonyl (C=O) groups is 1. The number of amides is 1. The van der Waals surface area contributed by atoms with E-state index in [2.05, 4.69) is 34.6 Å². The quantitative estimate of drug-likeness (QED) is 0.664. The number of aryl methyl sites for hydroxylation is 1. The second kappa shape index (κ2) is 8.88. The van der Waals surface area contributed by atoms with E-state index in [0.717, 1.165) is 29.5 Å². The van der Waals surface area contributed by atoms with E-state index in [9.17, 15) is 10.1 Å². The van der Waals surface area contributed by atoms with Crippen LogP contribution in [-0.2, 0) is 24.7 Å². The Morgan fingerprint density at radius 3 is 2.93 bits per heavy atom. The van der Waals surface area contributed by atoms with Gasteiger partial charge in [-0.25, -0.2) is 0 Å². The number of nitriles is 1. The molecule has 0 aliphatic heterocycles. The Morgan fingerprint density at radius 1 is 1.52 bits per heavy atom. The Morgan fingerprint density at radius 2 is 2.28 bits per heavy atom. The highest BCUT2D eigenvalue weighted by atomic mass is 32.2. The van der Waals surface area contributed by atoms with Crippen LogP contribution in [0.3, 0.4) is 0 Å². The van der Waals surface area contributed by atoms with Crippen molar-refractivity contribution in [2.24, 2.45) is 18.9 Å². The molecule has 0 saturated carbocycles. The zero-order valence-corrected chi connectivity index (χ0v) is 19.4. The van der Waals surface area contributed by atoms with Crippen molar-refractivity contribution < 1.29 is 4.79 Å². The molecule has 2 atom stereocenters. The van der Waals surface area contributed by atoms with Gasteiger partial charge < -0.3 is 9.88 Å². The van der Waals surface area contributed by atoms with Crippen LogP contribution in [0.1, 0.15) is 51.0 Å². The lowest BCUT2D eigenvalue weighted by Crippen LogP contribution is -2.49. The van der Waals surface area contributed by atoms with Crippen molar-refractivity contribution in [2.45, 2.75) is 64.1 Å². The number of carbonyl (C=O) groups excluding carboxylic acids is 1. The fourth-order valence-electron chi connectivity index (χ4n) is 3.47. The maximum atomic E-state index is 12.3. The van der Waals surface area contributed by atoms with E-state index in [1.807, 2.05) is 36.8 Å². The van der Waals surface area contributed by atoms with Gasteiger partial charge in [0.05, 0.1) is 16.7 Å². The van der Waals surface area contributed by atoms with E-state index >= 15 is 0 Å². The molecule has 0 fully saturated rings. The number of aromatic nitrogens is 3. The molecule has 0 saturated heterocycles. The van der Waals surface area contributed by atoms with Crippen LogP contribution in [0.5, 0.6) is 0 Å². The largest absolute Gasteiger partial charge is 0.337 e. The minimum Gasteiger partial charge on any atom is -0.337 e. The summed E-state index contributed by atoms with van der Waals surface area (Å²) in [6.45, 7) is 7.87. The van der Waals surface area contributed by atoms with Crippen molar-refractivity contribution in [1.29, 1.82) is 5.26 Å². The van der Waals surface area contributed by atoms with E-state index < -0.39 is 5.54 Å². The molecule has 0 unspecified atom stereocenters. The number of thiophene rings is 1. The second-order valence-corrected chi connectivity index (χ2v) is 10.3. The van der Waals surface area contributed by atoms with Crippen molar-refractivity contribution in [3.8, 4) is 16.8 Å². The minimum atomic E-state index is -0.866. The maximum Gasteiger partial charge on any atom is 0.231 e. The van der Waals surface area contributed by atoms with Gasteiger partial charge in [0.25, 0.3) is 0 Å². The first-order valence-corrected chi connectivity index (χ1v) is 11.9. The second-order valence-electron chi connectivity index (χ2n) is 8.25. The highest BCUT2D eigenvalue weighted by molar-refractivity contribution is 7.99. The van der Waals surface area contributed by atoms with Gasteiger partial charge in [-0.05, 0) is 49.7 Å². The maximum absolute atomic E-state index is 12.3. The van der Waals surface area contributed by atoms with Crippen LogP contribution in [0.2, 0.25) is 0 Å². The molecule has 1 aliphatic carbocycles. The first-order valence-electron chi connectivity index (χ1n) is 10.1. The van der Waals surface area contributed by atoms with Crippen molar-refractivity contribution in [3.63, 3.8) is 0 Å². The van der Waals surface area contributed by atoms with Gasteiger partial charge in [-0.2, -0.15) is 5.26 Å². The van der Waals surface area contributed by atoms with Crippen LogP contribution >= 0.6 is 23.1 Å². The molecule has 29 heavy (non-hydrogen) atoms. The molecule has 3 rings (SSSR count). The number of rotatable bonds is 7. The smallest absolute Gasteiger partial charge is 0.231 e. The zero-order chi connectivity index (χ0) is 21.2. The SMILES string of the molecule is CC[C@H]1CCc2sc(-c3nnc(SCC(=O)N[C@@](C)(C#N)C(C)C)n3C)cc2C1. The van der Waals surface area contributed by atoms with Crippen molar-refractivity contribution in [1.82, 2.24) is 20.1 Å². The standard InChI is InChI=1S/C21H29N5OS2/c1-6-14-7-8-16-15(9-14)10-17(29-16)19-24-25-20(26(19)5)28-11-18(27)23-21(4,12-22)13(2)3/h10,13-14H,6-9,11H2,1-5H3,(H,23,27)/t14-,21-/m0/s1. The van der Waals surface area contributed by atoms with Crippen LogP contribution < -0.4 is 5.32 Å². The normalized spacial score (nSPS) is 18.2. The lowest BCUT2D eigenvalue weighted by molar-refractivity contribution is -0.120. The lowest BCUT2D eigenvalue weighted by Gasteiger charge is -2.27. The van der Waals surface area contributed by atoms with Gasteiger partial charge in [0.2, 0.25) is 5.91 Å². The number of hydrogen-bond donors (Lipinski definition) is 1. The number of nitrogens with one attached hydrogen (secondary N) is 1. The Balaban J connectivity index is 1.67. The van der Waals surface area contributed by atoms with Gasteiger partial charge in [0.15, 0.2) is 11.0 Å². The predicted molar refractivity (Wildman–Crippen MR) is 118 cm³/mol. The zero-order valence-electron chi connectivity index (χ0n) is 17.8. The Labute approximate surface area is 181 Å². The molecule has 8 heteroatoms. The molecule has 2 aromatic rings. The third-order valence-corrected chi connectivity index (χ3v) is 8.19. The third kappa shape index (κ3) is 4.67. The predicted octanol–water partition coefficient (Wildman–Crippen LogP) is 4.21. The Bertz CT molecular complexity index is 926. The van der Waals surface area contributed by atoms with Gasteiger partial charge in [-0.3, -0.25) is 4.79 Å². The first kappa shape index (κ1) is 21.8. The number of thioether (sulfide) groups is 1. The van der Waals surface area contributed by atoms with Crippen LogP contribution in [0, 0.1) is 23.2 Å². The van der Waals surface area contributed by atoms with E-state index in [0.29, 0.717) is 5.16 Å². The Hall–Kier alpha value is -1.85. The van der Waals surface area contributed by atoms with E-state index in [-0.39, 0.29) is 17.6 Å². The molecule has 0 spiro atoms. The molecule has 0 bridgehead atoms. The van der Waals surface area contributed by atoms with Gasteiger partial charge in [-0.15, -0.1) is 21.5 Å². The van der Waals surface area contributed by atoms with Gasteiger partial charge in [-0.1, -0.05) is 39.0 Å². The number of fused-ring (bicyclic) bond motifs is 1. The molecule has 0 radical (unpaired) electrons. The number of hydrogen-bond acceptors (Lipinski definition) is 6. The molecule has 6 nitrogen and oxygen atoms in total. The Kier molecular flexibility index (Phi) is 6.69. The molecule has 1 aliphatic rings. The first-order chi connectivity index (χ1) is 13.8. The summed E-state index contributed by atoms with van der Waals surface area (Å²) in [6.07, 6.45) is 4.83. The molecule has 2 aromatic heterocycles. The van der Waals surface area contributed by atoms with Crippen LogP contribution in [-0.4, -0.2) is 32.0 Å². The summed E-state index contributed by atoms with van der Waals surface area (Å²) >= 11 is 3.16. The van der Waals surface area contributed by atoms with E-state index in [4.69, 9.17) is 0 Å². The summed E-state index contributed by atoms with van der Waals surface area (Å²) in [5.41, 5.74) is 0.596. The summed E-state index contributed by atoms with van der Waals surface area (Å²) in [7, 11) is 1.94. The number of nitrogens with zero attached hydrogens (tertiary/aromatic N) is 4. The van der Waals surface area contributed by atoms with E-state index in [1.54, 1.807) is 6.92 Å². The van der Waals surface area contributed by atoms with E-state index in [1.165, 1.54) is 35.0 Å². The monoisotopic (exact) mass is 431 g/mol. The molecular weight excluding hydrogens is 402 g/mol. The molecule has 1 N–H and O–H groups in total. The average Bonchev–Trinajstić information content (AvgIpc) is 3.28.